The maximum absolute atomic E-state index is 12.1. The van der Waals surface area contributed by atoms with Crippen LogP contribution in [0.4, 0.5) is 0 Å². The van der Waals surface area contributed by atoms with Crippen molar-refractivity contribution in [1.29, 1.82) is 0 Å². The molecule has 102 valence electrons. The molecule has 3 nitrogen and oxygen atoms in total. The first-order chi connectivity index (χ1) is 9.16. The molecule has 19 heavy (non-hydrogen) atoms. The highest BCUT2D eigenvalue weighted by molar-refractivity contribution is 5.94. The van der Waals surface area contributed by atoms with Crippen LogP contribution in [0.15, 0.2) is 18.2 Å². The Morgan fingerprint density at radius 1 is 1.16 bits per heavy atom. The summed E-state index contributed by atoms with van der Waals surface area (Å²) in [5.74, 6) is -0.0614. The molecular weight excluding hydrogens is 238 g/mol. The standard InChI is InChI=1S/C16H21NO2/c18-15(17-11-16(19)8-3-9-16)14-7-6-12-4-1-2-5-13(12)10-14/h6-7,10,19H,1-5,8-9,11H2,(H,17,18). The van der Waals surface area contributed by atoms with E-state index in [0.29, 0.717) is 6.54 Å². The van der Waals surface area contributed by atoms with Gasteiger partial charge in [0.15, 0.2) is 0 Å². The molecule has 2 aliphatic carbocycles. The van der Waals surface area contributed by atoms with E-state index in [1.54, 1.807) is 0 Å². The van der Waals surface area contributed by atoms with E-state index in [2.05, 4.69) is 11.4 Å². The third-order valence-electron chi connectivity index (χ3n) is 4.47. The molecule has 0 radical (unpaired) electrons. The van der Waals surface area contributed by atoms with Crippen molar-refractivity contribution >= 4 is 5.91 Å². The van der Waals surface area contributed by atoms with Crippen LogP contribution in [-0.2, 0) is 12.8 Å². The van der Waals surface area contributed by atoms with Gasteiger partial charge in [0.25, 0.3) is 5.91 Å². The normalized spacial score (nSPS) is 20.3. The third kappa shape index (κ3) is 2.66. The van der Waals surface area contributed by atoms with Crippen LogP contribution in [0.1, 0.15) is 53.6 Å². The predicted octanol–water partition coefficient (Wildman–Crippen LogP) is 2.21. The van der Waals surface area contributed by atoms with Gasteiger partial charge >= 0.3 is 0 Å². The van der Waals surface area contributed by atoms with Gasteiger partial charge in [-0.15, -0.1) is 0 Å². The van der Waals surface area contributed by atoms with E-state index >= 15 is 0 Å². The van der Waals surface area contributed by atoms with Crippen molar-refractivity contribution in [3.63, 3.8) is 0 Å². The number of fused-ring (bicyclic) bond motifs is 1. The number of hydrogen-bond donors (Lipinski definition) is 2. The molecule has 0 aliphatic heterocycles. The number of aryl methyl sites for hydroxylation is 2. The van der Waals surface area contributed by atoms with Crippen LogP contribution in [0.25, 0.3) is 0 Å². The zero-order chi connectivity index (χ0) is 13.3. The fourth-order valence-corrected chi connectivity index (χ4v) is 2.98. The molecule has 2 N–H and O–H groups in total. The van der Waals surface area contributed by atoms with Crippen LogP contribution in [-0.4, -0.2) is 23.2 Å². The largest absolute Gasteiger partial charge is 0.388 e. The van der Waals surface area contributed by atoms with E-state index in [1.165, 1.54) is 24.0 Å². The summed E-state index contributed by atoms with van der Waals surface area (Å²) < 4.78 is 0. The van der Waals surface area contributed by atoms with Crippen molar-refractivity contribution in [2.45, 2.75) is 50.5 Å². The van der Waals surface area contributed by atoms with Gasteiger partial charge in [0.05, 0.1) is 5.60 Å². The molecule has 3 rings (SSSR count). The molecule has 0 saturated heterocycles. The number of hydrogen-bond acceptors (Lipinski definition) is 2. The van der Waals surface area contributed by atoms with Crippen LogP contribution in [0, 0.1) is 0 Å². The van der Waals surface area contributed by atoms with E-state index in [4.69, 9.17) is 0 Å². The average molecular weight is 259 g/mol. The highest BCUT2D eigenvalue weighted by atomic mass is 16.3. The fraction of sp³-hybridized carbons (Fsp3) is 0.562. The molecule has 0 atom stereocenters. The number of amides is 1. The summed E-state index contributed by atoms with van der Waals surface area (Å²) in [6.45, 7) is 0.378. The molecule has 1 fully saturated rings. The van der Waals surface area contributed by atoms with Crippen molar-refractivity contribution < 1.29 is 9.90 Å². The highest BCUT2D eigenvalue weighted by Gasteiger charge is 2.34. The molecule has 1 amide bonds. The highest BCUT2D eigenvalue weighted by Crippen LogP contribution is 2.30. The molecule has 0 unspecified atom stereocenters. The Kier molecular flexibility index (Phi) is 3.31. The number of carbonyl (C=O) groups is 1. The van der Waals surface area contributed by atoms with Crippen molar-refractivity contribution in [1.82, 2.24) is 5.32 Å². The molecular formula is C16H21NO2. The number of benzene rings is 1. The van der Waals surface area contributed by atoms with Crippen molar-refractivity contribution in [3.8, 4) is 0 Å². The maximum atomic E-state index is 12.1. The Hall–Kier alpha value is -1.35. The summed E-state index contributed by atoms with van der Waals surface area (Å²) in [7, 11) is 0. The van der Waals surface area contributed by atoms with E-state index < -0.39 is 5.60 Å². The SMILES string of the molecule is O=C(NCC1(O)CCC1)c1ccc2c(c1)CCCC2. The molecule has 0 aromatic heterocycles. The van der Waals surface area contributed by atoms with Gasteiger partial charge in [-0.3, -0.25) is 4.79 Å². The Balaban J connectivity index is 1.66. The van der Waals surface area contributed by atoms with Crippen LogP contribution in [0.2, 0.25) is 0 Å². The van der Waals surface area contributed by atoms with Crippen molar-refractivity contribution in [2.75, 3.05) is 6.54 Å². The Labute approximate surface area is 114 Å². The first kappa shape index (κ1) is 12.7. The van der Waals surface area contributed by atoms with Crippen LogP contribution >= 0.6 is 0 Å². The van der Waals surface area contributed by atoms with Gasteiger partial charge in [-0.1, -0.05) is 6.07 Å². The number of carbonyl (C=O) groups excluding carboxylic acids is 1. The Morgan fingerprint density at radius 2 is 1.89 bits per heavy atom. The molecule has 0 bridgehead atoms. The molecule has 1 saturated carbocycles. The van der Waals surface area contributed by atoms with Gasteiger partial charge in [0.1, 0.15) is 0 Å². The summed E-state index contributed by atoms with van der Waals surface area (Å²) >= 11 is 0. The predicted molar refractivity (Wildman–Crippen MR) is 74.2 cm³/mol. The van der Waals surface area contributed by atoms with E-state index in [1.807, 2.05) is 12.1 Å². The van der Waals surface area contributed by atoms with Gasteiger partial charge in [0, 0.05) is 12.1 Å². The van der Waals surface area contributed by atoms with E-state index in [-0.39, 0.29) is 5.91 Å². The number of nitrogens with one attached hydrogen (secondary N) is 1. The lowest BCUT2D eigenvalue weighted by molar-refractivity contribution is -0.0300. The van der Waals surface area contributed by atoms with E-state index in [9.17, 15) is 9.90 Å². The molecule has 0 heterocycles. The lowest BCUT2D eigenvalue weighted by atomic mass is 9.80. The quantitative estimate of drug-likeness (QED) is 0.874. The second-order valence-corrected chi connectivity index (χ2v) is 5.95. The smallest absolute Gasteiger partial charge is 0.251 e. The average Bonchev–Trinajstić information content (AvgIpc) is 2.42. The zero-order valence-corrected chi connectivity index (χ0v) is 11.2. The molecule has 1 aromatic carbocycles. The summed E-state index contributed by atoms with van der Waals surface area (Å²) in [5, 5.41) is 12.8. The van der Waals surface area contributed by atoms with Gasteiger partial charge in [-0.25, -0.2) is 0 Å². The fourth-order valence-electron chi connectivity index (χ4n) is 2.98. The second kappa shape index (κ2) is 4.97. The summed E-state index contributed by atoms with van der Waals surface area (Å²) in [6.07, 6.45) is 7.36. The number of aliphatic hydroxyl groups is 1. The Bertz CT molecular complexity index is 492. The molecule has 1 aromatic rings. The summed E-state index contributed by atoms with van der Waals surface area (Å²) in [4.78, 5) is 12.1. The summed E-state index contributed by atoms with van der Waals surface area (Å²) in [6, 6.07) is 6.01. The monoisotopic (exact) mass is 259 g/mol. The number of rotatable bonds is 3. The summed E-state index contributed by atoms with van der Waals surface area (Å²) in [5.41, 5.74) is 2.79. The van der Waals surface area contributed by atoms with Gasteiger partial charge in [-0.2, -0.15) is 0 Å². The minimum atomic E-state index is -0.649. The van der Waals surface area contributed by atoms with Gasteiger partial charge in [-0.05, 0) is 68.2 Å². The third-order valence-corrected chi connectivity index (χ3v) is 4.47. The van der Waals surface area contributed by atoms with Crippen molar-refractivity contribution in [2.24, 2.45) is 0 Å². The zero-order valence-electron chi connectivity index (χ0n) is 11.2. The lowest BCUT2D eigenvalue weighted by Gasteiger charge is -2.36. The van der Waals surface area contributed by atoms with Crippen LogP contribution in [0.3, 0.4) is 0 Å². The van der Waals surface area contributed by atoms with Crippen LogP contribution in [0.5, 0.6) is 0 Å². The maximum Gasteiger partial charge on any atom is 0.251 e. The molecule has 2 aliphatic rings. The van der Waals surface area contributed by atoms with Gasteiger partial charge in [0.2, 0.25) is 0 Å². The second-order valence-electron chi connectivity index (χ2n) is 5.95. The van der Waals surface area contributed by atoms with E-state index in [0.717, 1.165) is 37.7 Å². The first-order valence-electron chi connectivity index (χ1n) is 7.29. The first-order valence-corrected chi connectivity index (χ1v) is 7.29. The Morgan fingerprint density at radius 3 is 2.58 bits per heavy atom. The minimum Gasteiger partial charge on any atom is -0.388 e. The van der Waals surface area contributed by atoms with Gasteiger partial charge < -0.3 is 10.4 Å². The minimum absolute atomic E-state index is 0.0614. The molecule has 3 heteroatoms. The topological polar surface area (TPSA) is 49.3 Å². The van der Waals surface area contributed by atoms with Crippen LogP contribution < -0.4 is 5.32 Å². The lowest BCUT2D eigenvalue weighted by Crippen LogP contribution is -2.47. The van der Waals surface area contributed by atoms with Crippen molar-refractivity contribution in [3.05, 3.63) is 34.9 Å². The molecule has 0 spiro atoms.